The molecule has 0 aliphatic carbocycles. The number of nitrogens with zero attached hydrogens (tertiary/aromatic N) is 1. The van der Waals surface area contributed by atoms with E-state index in [1.807, 2.05) is 42.5 Å². The quantitative estimate of drug-likeness (QED) is 0.598. The van der Waals surface area contributed by atoms with E-state index in [-0.39, 0.29) is 12.4 Å². The molecule has 3 rings (SSSR count). The van der Waals surface area contributed by atoms with E-state index in [0.29, 0.717) is 23.1 Å². The van der Waals surface area contributed by atoms with Crippen LogP contribution in [0.2, 0.25) is 5.02 Å². The summed E-state index contributed by atoms with van der Waals surface area (Å²) in [6.07, 6.45) is 0. The molecule has 1 heterocycles. The van der Waals surface area contributed by atoms with Gasteiger partial charge < -0.3 is 14.1 Å². The lowest BCUT2D eigenvalue weighted by molar-refractivity contribution is 0.0899. The van der Waals surface area contributed by atoms with Crippen molar-refractivity contribution in [2.75, 3.05) is 7.05 Å². The summed E-state index contributed by atoms with van der Waals surface area (Å²) >= 11 is 5.85. The Labute approximate surface area is 173 Å². The molecule has 0 aliphatic rings. The summed E-state index contributed by atoms with van der Waals surface area (Å²) in [6, 6.07) is 19.1. The van der Waals surface area contributed by atoms with Crippen molar-refractivity contribution in [2.24, 2.45) is 0 Å². The number of urea groups is 1. The molecule has 0 atom stereocenters. The summed E-state index contributed by atoms with van der Waals surface area (Å²) in [7, 11) is 1.61. The highest BCUT2D eigenvalue weighted by molar-refractivity contribution is 6.30. The third-order valence-electron chi connectivity index (χ3n) is 3.97. The largest absolute Gasteiger partial charge is 0.486 e. The Balaban J connectivity index is 1.45. The first-order valence-electron chi connectivity index (χ1n) is 8.84. The number of amides is 3. The fraction of sp³-hybridized carbons (Fsp3) is 0.143. The van der Waals surface area contributed by atoms with E-state index in [4.69, 9.17) is 20.8 Å². The first kappa shape index (κ1) is 20.3. The zero-order valence-electron chi connectivity index (χ0n) is 15.7. The molecule has 0 saturated carbocycles. The van der Waals surface area contributed by atoms with Gasteiger partial charge in [0.15, 0.2) is 5.76 Å². The Morgan fingerprint density at radius 1 is 1.00 bits per heavy atom. The van der Waals surface area contributed by atoms with Gasteiger partial charge in [0, 0.05) is 18.6 Å². The lowest BCUT2D eigenvalue weighted by Crippen LogP contribution is -2.47. The number of halogens is 1. The molecule has 3 amide bonds. The van der Waals surface area contributed by atoms with Crippen LogP contribution >= 0.6 is 11.6 Å². The van der Waals surface area contributed by atoms with Gasteiger partial charge in [-0.1, -0.05) is 41.9 Å². The van der Waals surface area contributed by atoms with Crippen molar-refractivity contribution >= 4 is 23.5 Å². The highest BCUT2D eigenvalue weighted by Gasteiger charge is 2.14. The lowest BCUT2D eigenvalue weighted by atomic mass is 10.2. The smallest absolute Gasteiger partial charge is 0.336 e. The summed E-state index contributed by atoms with van der Waals surface area (Å²) in [5.41, 5.74) is 5.59. The second-order valence-corrected chi connectivity index (χ2v) is 6.67. The minimum absolute atomic E-state index is 0.0670. The van der Waals surface area contributed by atoms with Crippen molar-refractivity contribution in [3.8, 4) is 5.75 Å². The van der Waals surface area contributed by atoms with Gasteiger partial charge in [0.25, 0.3) is 0 Å². The number of nitrogens with one attached hydrogen (secondary N) is 2. The number of para-hydroxylation sites is 1. The van der Waals surface area contributed by atoms with Gasteiger partial charge in [0.2, 0.25) is 0 Å². The van der Waals surface area contributed by atoms with Crippen molar-refractivity contribution < 1.29 is 18.7 Å². The molecule has 7 nitrogen and oxygen atoms in total. The number of benzene rings is 2. The summed E-state index contributed by atoms with van der Waals surface area (Å²) in [5.74, 6) is 0.692. The summed E-state index contributed by atoms with van der Waals surface area (Å²) in [6.45, 7) is 0.550. The van der Waals surface area contributed by atoms with Crippen molar-refractivity contribution in [1.29, 1.82) is 0 Å². The molecule has 29 heavy (non-hydrogen) atoms. The fourth-order valence-corrected chi connectivity index (χ4v) is 2.58. The minimum atomic E-state index is -0.566. The van der Waals surface area contributed by atoms with Gasteiger partial charge in [0.05, 0.1) is 0 Å². The molecule has 150 valence electrons. The molecule has 0 spiro atoms. The third-order valence-corrected chi connectivity index (χ3v) is 4.22. The first-order valence-corrected chi connectivity index (χ1v) is 9.21. The average Bonchev–Trinajstić information content (AvgIpc) is 3.22. The summed E-state index contributed by atoms with van der Waals surface area (Å²) in [4.78, 5) is 25.7. The number of carbonyl (C=O) groups excluding carboxylic acids is 2. The van der Waals surface area contributed by atoms with Crippen LogP contribution in [0.1, 0.15) is 21.9 Å². The first-order chi connectivity index (χ1) is 14.0. The molecule has 8 heteroatoms. The van der Waals surface area contributed by atoms with Crippen molar-refractivity contribution in [3.63, 3.8) is 0 Å². The molecule has 0 aliphatic heterocycles. The molecule has 0 saturated heterocycles. The lowest BCUT2D eigenvalue weighted by Gasteiger charge is -2.18. The predicted octanol–water partition coefficient (Wildman–Crippen LogP) is 4.00. The van der Waals surface area contributed by atoms with E-state index < -0.39 is 11.9 Å². The van der Waals surface area contributed by atoms with Crippen LogP contribution in [-0.4, -0.2) is 23.9 Å². The van der Waals surface area contributed by atoms with Gasteiger partial charge in [0.1, 0.15) is 18.1 Å². The number of furan rings is 1. The van der Waals surface area contributed by atoms with Crippen LogP contribution in [0.5, 0.6) is 5.75 Å². The van der Waals surface area contributed by atoms with Gasteiger partial charge in [-0.05, 0) is 42.0 Å². The Morgan fingerprint density at radius 2 is 1.72 bits per heavy atom. The van der Waals surface area contributed by atoms with Crippen LogP contribution in [0, 0.1) is 0 Å². The molecular weight excluding hydrogens is 394 g/mol. The van der Waals surface area contributed by atoms with Gasteiger partial charge in [-0.3, -0.25) is 10.2 Å². The average molecular weight is 414 g/mol. The number of hydrogen-bond donors (Lipinski definition) is 2. The maximum atomic E-state index is 12.2. The van der Waals surface area contributed by atoms with Crippen LogP contribution < -0.4 is 15.6 Å². The minimum Gasteiger partial charge on any atom is -0.486 e. The Hall–Kier alpha value is -3.45. The molecule has 2 N–H and O–H groups in total. The standard InChI is InChI=1S/C21H20ClN3O4/c1-25(13-15-7-9-16(22)10-8-15)21(27)24-23-20(26)19-12-11-18(29-19)14-28-17-5-3-2-4-6-17/h2-12H,13-14H2,1H3,(H,23,26)(H,24,27). The maximum Gasteiger partial charge on any atom is 0.336 e. The van der Waals surface area contributed by atoms with Crippen LogP contribution in [0.15, 0.2) is 71.1 Å². The molecule has 2 aromatic carbocycles. The molecule has 3 aromatic rings. The van der Waals surface area contributed by atoms with Gasteiger partial charge in [-0.25, -0.2) is 10.2 Å². The molecule has 0 fully saturated rings. The Morgan fingerprint density at radius 3 is 2.45 bits per heavy atom. The van der Waals surface area contributed by atoms with E-state index >= 15 is 0 Å². The number of hydrazine groups is 1. The number of rotatable bonds is 6. The van der Waals surface area contributed by atoms with Gasteiger partial charge in [-0.15, -0.1) is 0 Å². The van der Waals surface area contributed by atoms with E-state index in [1.54, 1.807) is 25.2 Å². The SMILES string of the molecule is CN(Cc1ccc(Cl)cc1)C(=O)NNC(=O)c1ccc(COc2ccccc2)o1. The Kier molecular flexibility index (Phi) is 6.76. The second-order valence-electron chi connectivity index (χ2n) is 6.23. The number of carbonyl (C=O) groups is 2. The predicted molar refractivity (Wildman–Crippen MR) is 108 cm³/mol. The number of hydrogen-bond acceptors (Lipinski definition) is 4. The van der Waals surface area contributed by atoms with E-state index in [9.17, 15) is 9.59 Å². The van der Waals surface area contributed by atoms with Crippen molar-refractivity contribution in [1.82, 2.24) is 15.8 Å². The second kappa shape index (κ2) is 9.66. The highest BCUT2D eigenvalue weighted by Crippen LogP contribution is 2.14. The van der Waals surface area contributed by atoms with E-state index in [2.05, 4.69) is 10.9 Å². The monoisotopic (exact) mass is 413 g/mol. The molecule has 0 radical (unpaired) electrons. The van der Waals surface area contributed by atoms with Crippen molar-refractivity contribution in [3.05, 3.63) is 88.8 Å². The summed E-state index contributed by atoms with van der Waals surface area (Å²) in [5, 5.41) is 0.625. The van der Waals surface area contributed by atoms with Crippen LogP contribution in [0.4, 0.5) is 4.79 Å². The number of ether oxygens (including phenoxy) is 1. The van der Waals surface area contributed by atoms with E-state index in [0.717, 1.165) is 5.56 Å². The van der Waals surface area contributed by atoms with Crippen LogP contribution in [0.25, 0.3) is 0 Å². The van der Waals surface area contributed by atoms with Gasteiger partial charge in [-0.2, -0.15) is 0 Å². The molecular formula is C21H20ClN3O4. The molecule has 0 unspecified atom stereocenters. The van der Waals surface area contributed by atoms with Crippen LogP contribution in [-0.2, 0) is 13.2 Å². The van der Waals surface area contributed by atoms with Crippen LogP contribution in [0.3, 0.4) is 0 Å². The third kappa shape index (κ3) is 6.02. The topological polar surface area (TPSA) is 83.8 Å². The van der Waals surface area contributed by atoms with Crippen molar-refractivity contribution in [2.45, 2.75) is 13.2 Å². The highest BCUT2D eigenvalue weighted by atomic mass is 35.5. The summed E-state index contributed by atoms with van der Waals surface area (Å²) < 4.78 is 11.0. The molecule has 1 aromatic heterocycles. The zero-order valence-corrected chi connectivity index (χ0v) is 16.5. The Bertz CT molecular complexity index is 958. The van der Waals surface area contributed by atoms with Gasteiger partial charge >= 0.3 is 11.9 Å². The van der Waals surface area contributed by atoms with E-state index in [1.165, 1.54) is 11.0 Å². The fourth-order valence-electron chi connectivity index (χ4n) is 2.45. The maximum absolute atomic E-state index is 12.2. The molecule has 0 bridgehead atoms. The normalized spacial score (nSPS) is 10.3. The zero-order chi connectivity index (χ0) is 20.6.